The molecule has 0 fully saturated rings. The molecular weight excluding hydrogens is 1100 g/mol. The maximum Gasteiger partial charge on any atom is 0.481 e. The first-order chi connectivity index (χ1) is 41.3. The molecule has 0 aliphatic heterocycles. The fourth-order valence-electron chi connectivity index (χ4n) is 10.5. The van der Waals surface area contributed by atoms with E-state index < -0.39 is 23.9 Å². The monoisotopic (exact) mass is 1240 g/mol. The van der Waals surface area contributed by atoms with Gasteiger partial charge in [0.15, 0.2) is 0 Å². The van der Waals surface area contributed by atoms with Gasteiger partial charge in [-0.25, -0.2) is 17.8 Å². The molecule has 0 amide bonds. The number of hydrogen-bond acceptors (Lipinski definition) is 9. The summed E-state index contributed by atoms with van der Waals surface area (Å²) in [7, 11) is -12.3. The Kier molecular flexibility index (Phi) is 69.4. The minimum absolute atomic E-state index is 0.136. The lowest BCUT2D eigenvalue weighted by Gasteiger charge is -2.20. The predicted octanol–water partition coefficient (Wildman–Crippen LogP) is 27.8. The second kappa shape index (κ2) is 69.9. The van der Waals surface area contributed by atoms with Gasteiger partial charge in [-0.15, -0.1) is 0 Å². The van der Waals surface area contributed by atoms with E-state index in [0.717, 1.165) is 103 Å². The zero-order chi connectivity index (χ0) is 60.9. The fraction of sp³-hybridized carbons (Fsp3) is 0.889. The molecule has 0 unspecified atom stereocenters. The van der Waals surface area contributed by atoms with Gasteiger partial charge in [0.05, 0.1) is 26.4 Å². The van der Waals surface area contributed by atoms with E-state index in [1.807, 2.05) is 0 Å². The molecular formula is C72H141O9P3. The highest BCUT2D eigenvalue weighted by Gasteiger charge is 2.36. The van der Waals surface area contributed by atoms with Crippen molar-refractivity contribution in [2.24, 2.45) is 0 Å². The standard InChI is InChI=1S/C72H141O9P3/c1-5-9-13-17-21-25-29-33-37-41-45-49-53-57-61-65-69-76-83(74,77-70-66-62-58-54-50-46-42-38-34-30-26-22-18-14-10-6-2)80-82(73)81-84(75,78-71-67-63-59-55-51-47-43-39-35-31-27-23-19-15-11-7-3)79-72-68-64-60-56-52-48-44-40-36-32-28-24-20-16-12-8-4/h33-40,82H,5-32,41-72H2,1-4H3/b37-33-,38-34-,39-35-,40-36-. The van der Waals surface area contributed by atoms with Gasteiger partial charge in [-0.05, 0) is 128 Å². The zero-order valence-electron chi connectivity index (χ0n) is 56.1. The summed E-state index contributed by atoms with van der Waals surface area (Å²) in [6.07, 6.45) is 84.9. The van der Waals surface area contributed by atoms with Gasteiger partial charge in [-0.3, -0.25) is 22.7 Å². The Hall–Kier alpha value is -0.590. The van der Waals surface area contributed by atoms with E-state index in [4.69, 9.17) is 26.7 Å². The average molecular weight is 1240 g/mol. The lowest BCUT2D eigenvalue weighted by molar-refractivity contribution is 0.136. The number of phosphoric acid groups is 2. The second-order valence-corrected chi connectivity index (χ2v) is 29.2. The van der Waals surface area contributed by atoms with Crippen LogP contribution in [-0.2, 0) is 40.4 Å². The van der Waals surface area contributed by atoms with E-state index in [0.29, 0.717) is 25.7 Å². The van der Waals surface area contributed by atoms with Gasteiger partial charge in [0.2, 0.25) is 0 Å². The molecule has 9 nitrogen and oxygen atoms in total. The Morgan fingerprint density at radius 3 is 0.536 bits per heavy atom. The van der Waals surface area contributed by atoms with E-state index in [9.17, 15) is 13.7 Å². The van der Waals surface area contributed by atoms with Crippen LogP contribution < -0.4 is 0 Å². The molecule has 0 atom stereocenters. The van der Waals surface area contributed by atoms with Crippen LogP contribution in [0.5, 0.6) is 0 Å². The first kappa shape index (κ1) is 83.4. The maximum absolute atomic E-state index is 14.2. The Bertz CT molecular complexity index is 1350. The molecule has 0 heterocycles. The summed E-state index contributed by atoms with van der Waals surface area (Å²) in [4.78, 5) is 0. The predicted molar refractivity (Wildman–Crippen MR) is 368 cm³/mol. The average Bonchev–Trinajstić information content (AvgIpc) is 3.66. The van der Waals surface area contributed by atoms with Crippen LogP contribution in [0, 0.1) is 0 Å². The summed E-state index contributed by atoms with van der Waals surface area (Å²) in [6, 6.07) is 0. The summed E-state index contributed by atoms with van der Waals surface area (Å²) < 4.78 is 76.4. The van der Waals surface area contributed by atoms with Crippen LogP contribution in [0.15, 0.2) is 48.6 Å². The molecule has 0 bridgehead atoms. The molecule has 0 saturated heterocycles. The SMILES string of the molecule is CCCCCCCC/C=C\CCCCCCCCOP(=O)(OCCCCCCCC/C=C\CCCCCCCC)O[PH](=O)OP(=O)(OCCCCCCCC/C=C\CCCCCCCC)OCCCCCCCC/C=C\CCCCCCCC. The van der Waals surface area contributed by atoms with Gasteiger partial charge < -0.3 is 0 Å². The minimum atomic E-state index is -4.32. The number of hydrogen-bond donors (Lipinski definition) is 0. The number of allylic oxidation sites excluding steroid dienone is 8. The van der Waals surface area contributed by atoms with Crippen LogP contribution in [0.4, 0.5) is 0 Å². The van der Waals surface area contributed by atoms with Gasteiger partial charge >= 0.3 is 23.9 Å². The van der Waals surface area contributed by atoms with E-state index in [-0.39, 0.29) is 26.4 Å². The summed E-state index contributed by atoms with van der Waals surface area (Å²) in [6.45, 7) is 9.62. The van der Waals surface area contributed by atoms with E-state index in [1.165, 1.54) is 231 Å². The van der Waals surface area contributed by atoms with Crippen molar-refractivity contribution in [2.45, 2.75) is 387 Å². The maximum atomic E-state index is 14.2. The van der Waals surface area contributed by atoms with Gasteiger partial charge in [-0.2, -0.15) is 0 Å². The molecule has 0 spiro atoms. The molecule has 12 heteroatoms. The Balaban J connectivity index is 5.25. The smallest absolute Gasteiger partial charge is 0.287 e. The topological polar surface area (TPSA) is 107 Å². The van der Waals surface area contributed by atoms with Crippen LogP contribution >= 0.6 is 23.9 Å². The highest BCUT2D eigenvalue weighted by molar-refractivity contribution is 7.62. The molecule has 0 aromatic rings. The highest BCUT2D eigenvalue weighted by atomic mass is 31.3. The van der Waals surface area contributed by atoms with Crippen molar-refractivity contribution in [2.75, 3.05) is 26.4 Å². The molecule has 84 heavy (non-hydrogen) atoms. The van der Waals surface area contributed by atoms with Crippen molar-refractivity contribution in [3.63, 3.8) is 0 Å². The molecule has 0 N–H and O–H groups in total. The van der Waals surface area contributed by atoms with E-state index >= 15 is 0 Å². The Morgan fingerprint density at radius 1 is 0.226 bits per heavy atom. The van der Waals surface area contributed by atoms with Crippen LogP contribution in [-0.4, -0.2) is 26.4 Å². The van der Waals surface area contributed by atoms with Gasteiger partial charge in [0.1, 0.15) is 0 Å². The number of unbranched alkanes of at least 4 members (excludes halogenated alkanes) is 48. The van der Waals surface area contributed by atoms with Crippen molar-refractivity contribution >= 4 is 23.9 Å². The fourth-order valence-corrected chi connectivity index (χ4v) is 14.8. The molecule has 0 aliphatic rings. The summed E-state index contributed by atoms with van der Waals surface area (Å²) in [5.74, 6) is 0. The quantitative estimate of drug-likeness (QED) is 0.0334. The number of phosphoric ester groups is 2. The molecule has 0 radical (unpaired) electrons. The third-order valence-corrected chi connectivity index (χ3v) is 21.0. The minimum Gasteiger partial charge on any atom is -0.287 e. The van der Waals surface area contributed by atoms with Gasteiger partial charge in [0, 0.05) is 0 Å². The van der Waals surface area contributed by atoms with Gasteiger partial charge in [0.25, 0.3) is 0 Å². The molecule has 498 valence electrons. The normalized spacial score (nSPS) is 12.6. The number of rotatable bonds is 72. The molecule has 0 aromatic heterocycles. The first-order valence-electron chi connectivity index (χ1n) is 36.7. The van der Waals surface area contributed by atoms with Crippen LogP contribution in [0.3, 0.4) is 0 Å². The van der Waals surface area contributed by atoms with Crippen molar-refractivity contribution in [1.29, 1.82) is 0 Å². The van der Waals surface area contributed by atoms with Crippen LogP contribution in [0.25, 0.3) is 0 Å². The van der Waals surface area contributed by atoms with Crippen LogP contribution in [0.1, 0.15) is 387 Å². The third kappa shape index (κ3) is 65.8. The summed E-state index contributed by atoms with van der Waals surface area (Å²) in [5.41, 5.74) is 0. The lowest BCUT2D eigenvalue weighted by Crippen LogP contribution is -2.03. The highest BCUT2D eigenvalue weighted by Crippen LogP contribution is 2.64. The van der Waals surface area contributed by atoms with E-state index in [2.05, 4.69) is 76.3 Å². The Morgan fingerprint density at radius 2 is 0.369 bits per heavy atom. The summed E-state index contributed by atoms with van der Waals surface area (Å²) >= 11 is 0. The molecule has 0 aromatic carbocycles. The van der Waals surface area contributed by atoms with E-state index in [1.54, 1.807) is 0 Å². The van der Waals surface area contributed by atoms with Crippen LogP contribution in [0.2, 0.25) is 0 Å². The summed E-state index contributed by atoms with van der Waals surface area (Å²) in [5, 5.41) is 0. The van der Waals surface area contributed by atoms with Crippen molar-refractivity contribution in [3.8, 4) is 0 Å². The second-order valence-electron chi connectivity index (χ2n) is 24.4. The first-order valence-corrected chi connectivity index (χ1v) is 40.8. The largest absolute Gasteiger partial charge is 0.481 e. The Labute approximate surface area is 524 Å². The lowest BCUT2D eigenvalue weighted by atomic mass is 10.1. The molecule has 0 rings (SSSR count). The molecule has 0 aliphatic carbocycles. The third-order valence-electron chi connectivity index (χ3n) is 16.0. The van der Waals surface area contributed by atoms with Crippen molar-refractivity contribution in [1.82, 2.24) is 0 Å². The van der Waals surface area contributed by atoms with Crippen molar-refractivity contribution in [3.05, 3.63) is 48.6 Å². The zero-order valence-corrected chi connectivity index (χ0v) is 58.9. The van der Waals surface area contributed by atoms with Gasteiger partial charge in [-0.1, -0.05) is 307 Å². The van der Waals surface area contributed by atoms with Crippen molar-refractivity contribution < 1.29 is 40.4 Å². The molecule has 0 saturated carbocycles.